The van der Waals surface area contributed by atoms with Gasteiger partial charge in [-0.2, -0.15) is 0 Å². The number of carbonyl (C=O) groups excluding carboxylic acids is 1. The molecule has 0 aliphatic rings. The summed E-state index contributed by atoms with van der Waals surface area (Å²) in [5, 5.41) is 8.85. The molecule has 0 aromatic rings. The molecule has 0 saturated heterocycles. The Morgan fingerprint density at radius 2 is 2.50 bits per heavy atom. The van der Waals surface area contributed by atoms with Crippen molar-refractivity contribution >= 4 is 5.97 Å². The Morgan fingerprint density at radius 3 is 2.90 bits per heavy atom. The van der Waals surface area contributed by atoms with Crippen molar-refractivity contribution in [3.8, 4) is 5.92 Å². The van der Waals surface area contributed by atoms with E-state index >= 15 is 0 Å². The summed E-state index contributed by atoms with van der Waals surface area (Å²) >= 11 is 0. The lowest BCUT2D eigenvalue weighted by Gasteiger charge is -2.04. The standard InChI is InChI=1S/C7H9O3/c1-3-4-5-6(8)7(9)10-2/h6,8H,4-5H2,2H3. The van der Waals surface area contributed by atoms with Gasteiger partial charge in [-0.1, -0.05) is 5.92 Å². The first kappa shape index (κ1) is 8.99. The molecule has 0 aromatic carbocycles. The summed E-state index contributed by atoms with van der Waals surface area (Å²) in [6, 6.07) is 0. The summed E-state index contributed by atoms with van der Waals surface area (Å²) in [5.74, 6) is 1.40. The van der Waals surface area contributed by atoms with Crippen LogP contribution in [0.25, 0.3) is 0 Å². The van der Waals surface area contributed by atoms with E-state index in [0.717, 1.165) is 0 Å². The van der Waals surface area contributed by atoms with Crippen LogP contribution in [-0.2, 0) is 9.53 Å². The summed E-state index contributed by atoms with van der Waals surface area (Å²) in [6.07, 6.45) is 5.85. The van der Waals surface area contributed by atoms with Gasteiger partial charge in [0.25, 0.3) is 0 Å². The summed E-state index contributed by atoms with van der Waals surface area (Å²) in [4.78, 5) is 10.5. The number of ether oxygens (including phenoxy) is 1. The molecule has 1 unspecified atom stereocenters. The van der Waals surface area contributed by atoms with Gasteiger partial charge in [-0.15, -0.1) is 0 Å². The van der Waals surface area contributed by atoms with E-state index in [4.69, 9.17) is 11.5 Å². The molecule has 0 heterocycles. The lowest BCUT2D eigenvalue weighted by atomic mass is 10.2. The van der Waals surface area contributed by atoms with E-state index in [2.05, 4.69) is 10.7 Å². The van der Waals surface area contributed by atoms with Crippen LogP contribution in [0.1, 0.15) is 12.8 Å². The summed E-state index contributed by atoms with van der Waals surface area (Å²) in [7, 11) is 1.21. The Kier molecular flexibility index (Phi) is 4.34. The molecular formula is C7H9O3. The fourth-order valence-electron chi connectivity index (χ4n) is 0.463. The highest BCUT2D eigenvalue weighted by molar-refractivity contribution is 5.74. The lowest BCUT2D eigenvalue weighted by molar-refractivity contribution is -0.150. The summed E-state index contributed by atoms with van der Waals surface area (Å²) in [5.41, 5.74) is 0. The predicted octanol–water partition coefficient (Wildman–Crippen LogP) is -0.110. The van der Waals surface area contributed by atoms with Crippen LogP contribution in [0.5, 0.6) is 0 Å². The molecular weight excluding hydrogens is 132 g/mol. The molecule has 0 aromatic heterocycles. The van der Waals surface area contributed by atoms with Crippen LogP contribution in [0.4, 0.5) is 0 Å². The van der Waals surface area contributed by atoms with Crippen molar-refractivity contribution in [1.29, 1.82) is 0 Å². The van der Waals surface area contributed by atoms with Crippen LogP contribution < -0.4 is 0 Å². The van der Waals surface area contributed by atoms with Crippen molar-refractivity contribution < 1.29 is 14.6 Å². The zero-order valence-corrected chi connectivity index (χ0v) is 5.76. The molecule has 0 saturated carbocycles. The van der Waals surface area contributed by atoms with E-state index in [-0.39, 0.29) is 12.8 Å². The third-order valence-corrected chi connectivity index (χ3v) is 1.02. The highest BCUT2D eigenvalue weighted by Crippen LogP contribution is 1.96. The molecule has 1 atom stereocenters. The van der Waals surface area contributed by atoms with Crippen molar-refractivity contribution in [2.24, 2.45) is 0 Å². The normalized spacial score (nSPS) is 11.7. The highest BCUT2D eigenvalue weighted by Gasteiger charge is 2.13. The van der Waals surface area contributed by atoms with Gasteiger partial charge in [0.1, 0.15) is 0 Å². The topological polar surface area (TPSA) is 46.5 Å². The second-order valence-electron chi connectivity index (χ2n) is 1.75. The van der Waals surface area contributed by atoms with Gasteiger partial charge in [-0.25, -0.2) is 4.79 Å². The van der Waals surface area contributed by atoms with Crippen molar-refractivity contribution in [2.75, 3.05) is 7.11 Å². The van der Waals surface area contributed by atoms with Crippen LogP contribution in [0, 0.1) is 12.3 Å². The smallest absolute Gasteiger partial charge is 0.334 e. The van der Waals surface area contributed by atoms with Crippen LogP contribution in [0.3, 0.4) is 0 Å². The predicted molar refractivity (Wildman–Crippen MR) is 34.4 cm³/mol. The number of rotatable bonds is 3. The van der Waals surface area contributed by atoms with E-state index in [0.29, 0.717) is 0 Å². The average molecular weight is 141 g/mol. The van der Waals surface area contributed by atoms with Crippen LogP contribution in [-0.4, -0.2) is 24.3 Å². The van der Waals surface area contributed by atoms with Crippen LogP contribution >= 0.6 is 0 Å². The van der Waals surface area contributed by atoms with E-state index < -0.39 is 12.1 Å². The van der Waals surface area contributed by atoms with E-state index in [1.165, 1.54) is 7.11 Å². The molecule has 0 spiro atoms. The molecule has 0 fully saturated rings. The van der Waals surface area contributed by atoms with Gasteiger partial charge in [-0.05, 0) is 12.8 Å². The Hall–Kier alpha value is -1.01. The highest BCUT2D eigenvalue weighted by atomic mass is 16.5. The van der Waals surface area contributed by atoms with Gasteiger partial charge in [0.2, 0.25) is 0 Å². The molecule has 55 valence electrons. The monoisotopic (exact) mass is 141 g/mol. The molecule has 1 N–H and O–H groups in total. The van der Waals surface area contributed by atoms with Crippen LogP contribution in [0.15, 0.2) is 0 Å². The zero-order chi connectivity index (χ0) is 7.98. The average Bonchev–Trinajstić information content (AvgIpc) is 1.98. The Morgan fingerprint density at radius 1 is 1.90 bits per heavy atom. The first-order valence-electron chi connectivity index (χ1n) is 2.88. The van der Waals surface area contributed by atoms with Gasteiger partial charge in [0.05, 0.1) is 7.11 Å². The number of aliphatic hydroxyl groups is 1. The third-order valence-electron chi connectivity index (χ3n) is 1.02. The molecule has 3 heteroatoms. The molecule has 3 nitrogen and oxygen atoms in total. The molecule has 1 radical (unpaired) electrons. The number of carbonyl (C=O) groups is 1. The Balaban J connectivity index is 3.53. The first-order valence-corrected chi connectivity index (χ1v) is 2.88. The van der Waals surface area contributed by atoms with Gasteiger partial charge >= 0.3 is 5.97 Å². The Labute approximate surface area is 60.0 Å². The fraction of sp³-hybridized carbons (Fsp3) is 0.571. The minimum atomic E-state index is -1.11. The lowest BCUT2D eigenvalue weighted by Crippen LogP contribution is -2.21. The maximum Gasteiger partial charge on any atom is 0.334 e. The van der Waals surface area contributed by atoms with Gasteiger partial charge in [-0.3, -0.25) is 0 Å². The molecule has 0 bridgehead atoms. The van der Waals surface area contributed by atoms with Gasteiger partial charge in [0, 0.05) is 6.42 Å². The molecule has 0 rings (SSSR count). The van der Waals surface area contributed by atoms with Crippen molar-refractivity contribution in [3.63, 3.8) is 0 Å². The number of hydrogen-bond acceptors (Lipinski definition) is 3. The van der Waals surface area contributed by atoms with Gasteiger partial charge < -0.3 is 9.84 Å². The third kappa shape index (κ3) is 3.10. The largest absolute Gasteiger partial charge is 0.467 e. The minimum Gasteiger partial charge on any atom is -0.467 e. The van der Waals surface area contributed by atoms with Crippen molar-refractivity contribution in [2.45, 2.75) is 18.9 Å². The Bertz CT molecular complexity index is 145. The molecule has 0 aliphatic carbocycles. The van der Waals surface area contributed by atoms with E-state index in [1.807, 2.05) is 0 Å². The second-order valence-corrected chi connectivity index (χ2v) is 1.75. The van der Waals surface area contributed by atoms with E-state index in [1.54, 1.807) is 0 Å². The second kappa shape index (κ2) is 4.83. The number of esters is 1. The maximum absolute atomic E-state index is 10.5. The fourth-order valence-corrected chi connectivity index (χ4v) is 0.463. The van der Waals surface area contributed by atoms with Crippen LogP contribution in [0.2, 0.25) is 0 Å². The van der Waals surface area contributed by atoms with Crippen molar-refractivity contribution in [1.82, 2.24) is 0 Å². The summed E-state index contributed by atoms with van der Waals surface area (Å²) < 4.78 is 4.23. The number of methoxy groups -OCH3 is 1. The first-order chi connectivity index (χ1) is 4.72. The quantitative estimate of drug-likeness (QED) is 0.440. The summed E-state index contributed by atoms with van der Waals surface area (Å²) in [6.45, 7) is 0. The maximum atomic E-state index is 10.5. The number of hydrogen-bond donors (Lipinski definition) is 1. The van der Waals surface area contributed by atoms with E-state index in [9.17, 15) is 4.79 Å². The van der Waals surface area contributed by atoms with Crippen molar-refractivity contribution in [3.05, 3.63) is 6.42 Å². The number of aliphatic hydroxyl groups excluding tert-OH is 1. The minimum absolute atomic E-state index is 0.205. The van der Waals surface area contributed by atoms with Gasteiger partial charge in [0.15, 0.2) is 6.10 Å². The molecule has 10 heavy (non-hydrogen) atoms. The zero-order valence-electron chi connectivity index (χ0n) is 5.76. The molecule has 0 amide bonds. The molecule has 0 aliphatic heterocycles. The SMILES string of the molecule is [C]#CCCC(O)C(=O)OC.